The number of non-ortho nitro benzene ring substituents is 1. The van der Waals surface area contributed by atoms with Crippen LogP contribution in [0, 0.1) is 17.0 Å². The Kier molecular flexibility index (Phi) is 7.96. The molecule has 0 aliphatic heterocycles. The van der Waals surface area contributed by atoms with Crippen LogP contribution in [0.2, 0.25) is 0 Å². The zero-order valence-corrected chi connectivity index (χ0v) is 17.9. The molecule has 0 aliphatic carbocycles. The van der Waals surface area contributed by atoms with Gasteiger partial charge in [-0.3, -0.25) is 14.9 Å². The van der Waals surface area contributed by atoms with E-state index in [9.17, 15) is 14.9 Å². The van der Waals surface area contributed by atoms with Gasteiger partial charge in [-0.15, -0.1) is 10.2 Å². The van der Waals surface area contributed by atoms with Crippen LogP contribution in [0.15, 0.2) is 39.3 Å². The summed E-state index contributed by atoms with van der Waals surface area (Å²) in [6, 6.07) is 5.86. The molecule has 0 atom stereocenters. The van der Waals surface area contributed by atoms with Gasteiger partial charge in [0, 0.05) is 29.1 Å². The molecule has 2 aromatic rings. The fourth-order valence-corrected chi connectivity index (χ4v) is 6.37. The fraction of sp³-hybridized carbons (Fsp3) is 0.333. The molecule has 0 fully saturated rings. The van der Waals surface area contributed by atoms with Crippen molar-refractivity contribution >= 4 is 40.8 Å². The van der Waals surface area contributed by atoms with Crippen LogP contribution in [0.3, 0.4) is 0 Å². The Balaban J connectivity index is 2.45. The molecule has 0 aliphatic rings. The first-order chi connectivity index (χ1) is 13.3. The maximum Gasteiger partial charge on any atom is 0.296 e. The van der Waals surface area contributed by atoms with Gasteiger partial charge in [0.15, 0.2) is 0 Å². The Morgan fingerprint density at radius 1 is 1.36 bits per heavy atom. The molecule has 0 saturated carbocycles. The Morgan fingerprint density at radius 3 is 2.64 bits per heavy atom. The number of aryl methyl sites for hydroxylation is 1. The number of hydrogen-bond acceptors (Lipinski definition) is 10. The highest BCUT2D eigenvalue weighted by Crippen LogP contribution is 2.63. The van der Waals surface area contributed by atoms with Crippen LogP contribution < -0.4 is 5.56 Å². The molecule has 0 saturated heterocycles. The Bertz CT molecular complexity index is 987. The van der Waals surface area contributed by atoms with Crippen molar-refractivity contribution in [3.05, 3.63) is 56.0 Å². The fourth-order valence-electron chi connectivity index (χ4n) is 1.95. The van der Waals surface area contributed by atoms with Crippen molar-refractivity contribution in [2.75, 3.05) is 13.2 Å². The van der Waals surface area contributed by atoms with E-state index in [1.54, 1.807) is 19.9 Å². The lowest BCUT2D eigenvalue weighted by Gasteiger charge is -2.19. The lowest BCUT2D eigenvalue weighted by molar-refractivity contribution is -0.384. The van der Waals surface area contributed by atoms with Gasteiger partial charge >= 0.3 is 0 Å². The molecule has 28 heavy (non-hydrogen) atoms. The molecule has 1 aromatic carbocycles. The van der Waals surface area contributed by atoms with Crippen LogP contribution >= 0.6 is 17.1 Å². The second-order valence-electron chi connectivity index (χ2n) is 5.16. The van der Waals surface area contributed by atoms with Crippen molar-refractivity contribution in [1.29, 1.82) is 0 Å². The largest absolute Gasteiger partial charge is 0.322 e. The summed E-state index contributed by atoms with van der Waals surface area (Å²) < 4.78 is 12.2. The van der Waals surface area contributed by atoms with Gasteiger partial charge in [-0.1, -0.05) is 12.1 Å². The monoisotopic (exact) mass is 443 g/mol. The molecular weight excluding hydrogens is 425 g/mol. The van der Waals surface area contributed by atoms with Crippen molar-refractivity contribution in [2.24, 2.45) is 5.10 Å². The van der Waals surface area contributed by atoms with E-state index in [0.717, 1.165) is 16.1 Å². The van der Waals surface area contributed by atoms with Crippen LogP contribution in [-0.2, 0) is 20.9 Å². The van der Waals surface area contributed by atoms with E-state index in [2.05, 4.69) is 15.3 Å². The lowest BCUT2D eigenvalue weighted by Crippen LogP contribution is -2.23. The van der Waals surface area contributed by atoms with Crippen molar-refractivity contribution in [3.8, 4) is 0 Å². The molecule has 13 heteroatoms. The molecule has 1 heterocycles. The number of benzene rings is 1. The average Bonchev–Trinajstić information content (AvgIpc) is 2.65. The third-order valence-corrected chi connectivity index (χ3v) is 8.03. The van der Waals surface area contributed by atoms with Crippen molar-refractivity contribution in [3.63, 3.8) is 0 Å². The van der Waals surface area contributed by atoms with E-state index < -0.39 is 16.2 Å². The average molecular weight is 443 g/mol. The van der Waals surface area contributed by atoms with Crippen LogP contribution in [0.4, 0.5) is 5.69 Å². The summed E-state index contributed by atoms with van der Waals surface area (Å²) in [7, 11) is 0. The van der Waals surface area contributed by atoms with E-state index in [-0.39, 0.29) is 16.5 Å². The van der Waals surface area contributed by atoms with Crippen LogP contribution in [0.5, 0.6) is 0 Å². The molecular formula is C15H18N5O5PS2. The SMILES string of the molecule is CCOP(=S)(OCC)Sc1nnc(C)c(=O)n1/N=C/c1cccc([N+](=O)[O-])c1. The molecule has 0 spiro atoms. The minimum absolute atomic E-state index is 0.0851. The smallest absolute Gasteiger partial charge is 0.296 e. The quantitative estimate of drug-likeness (QED) is 0.249. The second kappa shape index (κ2) is 9.99. The normalized spacial score (nSPS) is 11.8. The van der Waals surface area contributed by atoms with E-state index >= 15 is 0 Å². The number of nitro groups is 1. The molecule has 0 amide bonds. The standard InChI is InChI=1S/C15H18N5O5PS2/c1-4-24-26(27,25-5-2)28-15-18-17-11(3)14(21)19(15)16-10-12-7-6-8-13(9-12)20(22)23/h6-10H,4-5H2,1-3H3/b16-10+. The summed E-state index contributed by atoms with van der Waals surface area (Å²) in [6.07, 6.45) is 1.32. The van der Waals surface area contributed by atoms with Gasteiger partial charge in [0.25, 0.3) is 16.9 Å². The number of nitro benzene ring substituents is 1. The first kappa shape index (κ1) is 22.3. The van der Waals surface area contributed by atoms with Crippen molar-refractivity contribution in [1.82, 2.24) is 14.9 Å². The molecule has 0 unspecified atom stereocenters. The first-order valence-corrected chi connectivity index (χ1v) is 12.2. The number of hydrogen-bond donors (Lipinski definition) is 0. The topological polar surface area (TPSA) is 122 Å². The first-order valence-electron chi connectivity index (χ1n) is 8.13. The van der Waals surface area contributed by atoms with Crippen molar-refractivity contribution < 1.29 is 14.0 Å². The Hall–Kier alpha value is -1.98. The van der Waals surface area contributed by atoms with Gasteiger partial charge in [-0.25, -0.2) is 0 Å². The summed E-state index contributed by atoms with van der Waals surface area (Å²) in [6.45, 7) is 5.75. The maximum absolute atomic E-state index is 12.5. The zero-order chi connectivity index (χ0) is 20.7. The highest BCUT2D eigenvalue weighted by atomic mass is 32.9. The van der Waals surface area contributed by atoms with E-state index in [1.807, 2.05) is 0 Å². The number of aromatic nitrogens is 3. The van der Waals surface area contributed by atoms with Crippen molar-refractivity contribution in [2.45, 2.75) is 25.9 Å². The molecule has 1 aromatic heterocycles. The second-order valence-corrected chi connectivity index (χ2v) is 11.2. The number of nitrogens with zero attached hydrogens (tertiary/aromatic N) is 5. The lowest BCUT2D eigenvalue weighted by atomic mass is 10.2. The summed E-state index contributed by atoms with van der Waals surface area (Å²) in [5, 5.41) is 23.0. The third kappa shape index (κ3) is 5.76. The van der Waals surface area contributed by atoms with E-state index in [1.165, 1.54) is 31.3 Å². The van der Waals surface area contributed by atoms with Crippen LogP contribution in [0.1, 0.15) is 25.1 Å². The van der Waals surface area contributed by atoms with Gasteiger partial charge < -0.3 is 9.05 Å². The van der Waals surface area contributed by atoms with E-state index in [0.29, 0.717) is 18.8 Å². The molecule has 10 nitrogen and oxygen atoms in total. The molecule has 150 valence electrons. The molecule has 0 N–H and O–H groups in total. The minimum atomic E-state index is -2.80. The minimum Gasteiger partial charge on any atom is -0.322 e. The summed E-state index contributed by atoms with van der Waals surface area (Å²) in [4.78, 5) is 22.9. The molecule has 0 bridgehead atoms. The maximum atomic E-state index is 12.5. The Morgan fingerprint density at radius 2 is 2.04 bits per heavy atom. The van der Waals surface area contributed by atoms with E-state index in [4.69, 9.17) is 20.9 Å². The van der Waals surface area contributed by atoms with Crippen LogP contribution in [-0.4, -0.2) is 39.2 Å². The Labute approximate surface area is 170 Å². The summed E-state index contributed by atoms with van der Waals surface area (Å²) in [5.74, 6) is 0. The summed E-state index contributed by atoms with van der Waals surface area (Å²) >= 11 is 6.44. The summed E-state index contributed by atoms with van der Waals surface area (Å²) in [5.41, 5.74) is -2.79. The highest BCUT2D eigenvalue weighted by Gasteiger charge is 2.24. The predicted octanol–water partition coefficient (Wildman–Crippen LogP) is 3.13. The van der Waals surface area contributed by atoms with Crippen LogP contribution in [0.25, 0.3) is 0 Å². The van der Waals surface area contributed by atoms with Gasteiger partial charge in [0.05, 0.1) is 24.4 Å². The highest BCUT2D eigenvalue weighted by molar-refractivity contribution is 8.67. The van der Waals surface area contributed by atoms with Gasteiger partial charge in [0.1, 0.15) is 5.69 Å². The number of rotatable bonds is 9. The van der Waals surface area contributed by atoms with Gasteiger partial charge in [0.2, 0.25) is 5.16 Å². The van der Waals surface area contributed by atoms with Gasteiger partial charge in [-0.05, 0) is 32.6 Å². The molecule has 2 rings (SSSR count). The molecule has 0 radical (unpaired) electrons. The predicted molar refractivity (Wildman–Crippen MR) is 111 cm³/mol. The van der Waals surface area contributed by atoms with Gasteiger partial charge in [-0.2, -0.15) is 9.78 Å². The third-order valence-electron chi connectivity index (χ3n) is 3.14. The zero-order valence-electron chi connectivity index (χ0n) is 15.3.